The van der Waals surface area contributed by atoms with Crippen LogP contribution in [0.2, 0.25) is 0 Å². The molecule has 0 fully saturated rings. The summed E-state index contributed by atoms with van der Waals surface area (Å²) in [4.78, 5) is 25.1. The molecule has 0 bridgehead atoms. The number of fused-ring (bicyclic) bond motifs is 1. The second-order valence-corrected chi connectivity index (χ2v) is 6.22. The van der Waals surface area contributed by atoms with Crippen LogP contribution in [0.5, 0.6) is 0 Å². The van der Waals surface area contributed by atoms with Gasteiger partial charge in [-0.15, -0.1) is 22.7 Å². The lowest BCUT2D eigenvalue weighted by molar-refractivity contribution is -0.133. The van der Waals surface area contributed by atoms with Gasteiger partial charge in [0.25, 0.3) is 0 Å². The van der Waals surface area contributed by atoms with E-state index in [0.29, 0.717) is 13.1 Å². The van der Waals surface area contributed by atoms with Crippen molar-refractivity contribution in [1.29, 1.82) is 0 Å². The number of carbonyl (C=O) groups excluding carboxylic acids is 1. The van der Waals surface area contributed by atoms with Gasteiger partial charge in [0, 0.05) is 24.0 Å². The van der Waals surface area contributed by atoms with Crippen molar-refractivity contribution in [2.45, 2.75) is 19.0 Å². The van der Waals surface area contributed by atoms with E-state index >= 15 is 0 Å². The maximum Gasteiger partial charge on any atom is 0.245 e. The summed E-state index contributed by atoms with van der Waals surface area (Å²) in [6, 6.07) is -0.266. The number of nitrogens with one attached hydrogen (secondary N) is 1. The molecule has 1 aliphatic heterocycles. The Labute approximate surface area is 119 Å². The molecule has 1 atom stereocenters. The number of nitrogens with zero attached hydrogens (tertiary/aromatic N) is 3. The van der Waals surface area contributed by atoms with Crippen molar-refractivity contribution >= 4 is 28.6 Å². The molecular formula is C12H14N4OS2. The average Bonchev–Trinajstić information content (AvgIpc) is 3.04. The van der Waals surface area contributed by atoms with E-state index in [1.807, 2.05) is 23.7 Å². The Morgan fingerprint density at radius 1 is 1.47 bits per heavy atom. The molecule has 2 aromatic rings. The van der Waals surface area contributed by atoms with Gasteiger partial charge < -0.3 is 10.2 Å². The van der Waals surface area contributed by atoms with Crippen molar-refractivity contribution in [2.24, 2.45) is 0 Å². The topological polar surface area (TPSA) is 58.1 Å². The van der Waals surface area contributed by atoms with Crippen LogP contribution in [0, 0.1) is 0 Å². The van der Waals surface area contributed by atoms with Crippen molar-refractivity contribution in [3.8, 4) is 0 Å². The summed E-state index contributed by atoms with van der Waals surface area (Å²) in [7, 11) is 1.82. The molecule has 0 saturated heterocycles. The second kappa shape index (κ2) is 5.36. The second-order valence-electron chi connectivity index (χ2n) is 4.36. The van der Waals surface area contributed by atoms with Gasteiger partial charge in [-0.25, -0.2) is 4.98 Å². The van der Waals surface area contributed by atoms with Crippen LogP contribution in [0.4, 0.5) is 0 Å². The Kier molecular flexibility index (Phi) is 3.58. The van der Waals surface area contributed by atoms with Gasteiger partial charge in [0.05, 0.1) is 28.1 Å². The summed E-state index contributed by atoms with van der Waals surface area (Å²) in [5, 5.41) is 3.11. The van der Waals surface area contributed by atoms with Crippen LogP contribution in [0.3, 0.4) is 0 Å². The maximum atomic E-state index is 12.6. The van der Waals surface area contributed by atoms with E-state index in [4.69, 9.17) is 0 Å². The summed E-state index contributed by atoms with van der Waals surface area (Å²) in [5.74, 6) is 0.124. The number of hydrogen-bond acceptors (Lipinski definition) is 6. The van der Waals surface area contributed by atoms with E-state index in [9.17, 15) is 4.79 Å². The Morgan fingerprint density at radius 3 is 3.11 bits per heavy atom. The molecule has 0 aliphatic carbocycles. The zero-order valence-corrected chi connectivity index (χ0v) is 12.1. The van der Waals surface area contributed by atoms with Crippen LogP contribution in [-0.4, -0.2) is 34.4 Å². The quantitative estimate of drug-likeness (QED) is 0.931. The lowest BCUT2D eigenvalue weighted by Crippen LogP contribution is -2.38. The summed E-state index contributed by atoms with van der Waals surface area (Å²) in [5.41, 5.74) is 4.66. The third-order valence-corrected chi connectivity index (χ3v) is 4.93. The number of hydrogen-bond donors (Lipinski definition) is 1. The minimum atomic E-state index is -0.266. The first-order valence-corrected chi connectivity index (χ1v) is 7.81. The molecule has 3 heterocycles. The summed E-state index contributed by atoms with van der Waals surface area (Å²) in [6.07, 6.45) is 2.65. The molecule has 1 aliphatic rings. The van der Waals surface area contributed by atoms with Gasteiger partial charge in [-0.3, -0.25) is 9.78 Å². The molecule has 5 nitrogen and oxygen atoms in total. The van der Waals surface area contributed by atoms with Gasteiger partial charge in [-0.05, 0) is 7.05 Å². The first kappa shape index (κ1) is 12.7. The van der Waals surface area contributed by atoms with Gasteiger partial charge in [-0.1, -0.05) is 0 Å². The zero-order chi connectivity index (χ0) is 13.2. The molecule has 0 spiro atoms. The van der Waals surface area contributed by atoms with Gasteiger partial charge >= 0.3 is 0 Å². The SMILES string of the molecule is CNC1C(=O)N(Cc2cncs2)CCc2ncsc21. The largest absolute Gasteiger partial charge is 0.335 e. The maximum absolute atomic E-state index is 12.6. The van der Waals surface area contributed by atoms with E-state index in [1.165, 1.54) is 0 Å². The molecule has 7 heteroatoms. The molecule has 3 rings (SSSR count). The molecule has 1 unspecified atom stereocenters. The molecule has 1 N–H and O–H groups in total. The number of carbonyl (C=O) groups is 1. The van der Waals surface area contributed by atoms with Crippen LogP contribution in [-0.2, 0) is 17.8 Å². The monoisotopic (exact) mass is 294 g/mol. The predicted molar refractivity (Wildman–Crippen MR) is 75.1 cm³/mol. The minimum Gasteiger partial charge on any atom is -0.335 e. The van der Waals surface area contributed by atoms with Crippen LogP contribution >= 0.6 is 22.7 Å². The highest BCUT2D eigenvalue weighted by atomic mass is 32.1. The minimum absolute atomic E-state index is 0.124. The van der Waals surface area contributed by atoms with Crippen LogP contribution in [0.15, 0.2) is 17.2 Å². The van der Waals surface area contributed by atoms with Gasteiger partial charge in [0.15, 0.2) is 0 Å². The molecular weight excluding hydrogens is 280 g/mol. The third kappa shape index (κ3) is 2.41. The van der Waals surface area contributed by atoms with E-state index in [-0.39, 0.29) is 11.9 Å². The zero-order valence-electron chi connectivity index (χ0n) is 10.5. The lowest BCUT2D eigenvalue weighted by atomic mass is 10.2. The van der Waals surface area contributed by atoms with Crippen molar-refractivity contribution in [1.82, 2.24) is 20.2 Å². The smallest absolute Gasteiger partial charge is 0.245 e. The van der Waals surface area contributed by atoms with Crippen LogP contribution in [0.25, 0.3) is 0 Å². The third-order valence-electron chi connectivity index (χ3n) is 3.23. The summed E-state index contributed by atoms with van der Waals surface area (Å²) < 4.78 is 0. The molecule has 0 saturated carbocycles. The number of amides is 1. The number of likely N-dealkylation sites (N-methyl/N-ethyl adjacent to an activating group) is 1. The average molecular weight is 294 g/mol. The fourth-order valence-electron chi connectivity index (χ4n) is 2.27. The van der Waals surface area contributed by atoms with E-state index in [1.54, 1.807) is 28.2 Å². The highest BCUT2D eigenvalue weighted by Gasteiger charge is 2.31. The standard InChI is InChI=1S/C12H14N4OS2/c1-13-10-11-9(15-7-19-11)2-3-16(12(10)17)5-8-4-14-6-18-8/h4,6-7,10,13H,2-3,5H2,1H3. The Balaban J connectivity index is 1.85. The summed E-state index contributed by atoms with van der Waals surface area (Å²) >= 11 is 3.14. The number of rotatable bonds is 3. The van der Waals surface area contributed by atoms with Crippen molar-refractivity contribution in [2.75, 3.05) is 13.6 Å². The Bertz CT molecular complexity index is 566. The first-order chi connectivity index (χ1) is 9.29. The highest BCUT2D eigenvalue weighted by molar-refractivity contribution is 7.10. The lowest BCUT2D eigenvalue weighted by Gasteiger charge is -2.23. The molecule has 1 amide bonds. The Hall–Kier alpha value is -1.31. The van der Waals surface area contributed by atoms with Gasteiger partial charge in [0.2, 0.25) is 5.91 Å². The van der Waals surface area contributed by atoms with Gasteiger partial charge in [0.1, 0.15) is 6.04 Å². The molecule has 19 heavy (non-hydrogen) atoms. The first-order valence-electron chi connectivity index (χ1n) is 6.05. The van der Waals surface area contributed by atoms with E-state index in [2.05, 4.69) is 15.3 Å². The van der Waals surface area contributed by atoms with Crippen molar-refractivity contribution < 1.29 is 4.79 Å². The molecule has 0 aromatic carbocycles. The molecule has 0 radical (unpaired) electrons. The van der Waals surface area contributed by atoms with E-state index < -0.39 is 0 Å². The fourth-order valence-corrected chi connectivity index (χ4v) is 3.81. The van der Waals surface area contributed by atoms with Crippen LogP contribution in [0.1, 0.15) is 21.5 Å². The van der Waals surface area contributed by atoms with Crippen molar-refractivity contribution in [3.63, 3.8) is 0 Å². The summed E-state index contributed by atoms with van der Waals surface area (Å²) in [6.45, 7) is 1.35. The Morgan fingerprint density at radius 2 is 2.37 bits per heavy atom. The van der Waals surface area contributed by atoms with E-state index in [0.717, 1.165) is 21.9 Å². The molecule has 2 aromatic heterocycles. The van der Waals surface area contributed by atoms with Crippen LogP contribution < -0.4 is 5.32 Å². The molecule has 100 valence electrons. The highest BCUT2D eigenvalue weighted by Crippen LogP contribution is 2.28. The normalized spacial score (nSPS) is 19.3. The fraction of sp³-hybridized carbons (Fsp3) is 0.417. The van der Waals surface area contributed by atoms with Gasteiger partial charge in [-0.2, -0.15) is 0 Å². The van der Waals surface area contributed by atoms with Crippen molar-refractivity contribution in [3.05, 3.63) is 32.7 Å². The predicted octanol–water partition coefficient (Wildman–Crippen LogP) is 1.44. The number of aromatic nitrogens is 2. The number of thiazole rings is 2.